The molecule has 1 fully saturated rings. The van der Waals surface area contributed by atoms with Gasteiger partial charge in [0.1, 0.15) is 5.75 Å². The van der Waals surface area contributed by atoms with Crippen LogP contribution in [0.2, 0.25) is 0 Å². The average Bonchev–Trinajstić information content (AvgIpc) is 2.97. The fourth-order valence-corrected chi connectivity index (χ4v) is 1.73. The minimum atomic E-state index is -0.189. The summed E-state index contributed by atoms with van der Waals surface area (Å²) >= 11 is 0. The third-order valence-corrected chi connectivity index (χ3v) is 2.70. The number of carbonyl (C=O) groups is 1. The molecule has 0 heterocycles. The van der Waals surface area contributed by atoms with E-state index < -0.39 is 0 Å². The Morgan fingerprint density at radius 2 is 2.07 bits per heavy atom. The van der Waals surface area contributed by atoms with Crippen molar-refractivity contribution in [1.82, 2.24) is 0 Å². The van der Waals surface area contributed by atoms with Crippen LogP contribution in [-0.4, -0.2) is 13.0 Å². The van der Waals surface area contributed by atoms with E-state index in [1.807, 2.05) is 24.3 Å². The van der Waals surface area contributed by atoms with Gasteiger partial charge < -0.3 is 10.5 Å². The van der Waals surface area contributed by atoms with E-state index in [0.29, 0.717) is 5.92 Å². The molecular weight excluding hydrogens is 178 g/mol. The van der Waals surface area contributed by atoms with E-state index in [1.165, 1.54) is 5.56 Å². The molecule has 1 aliphatic rings. The minimum absolute atomic E-state index is 0.0448. The number of benzene rings is 1. The zero-order valence-electron chi connectivity index (χ0n) is 8.07. The lowest BCUT2D eigenvalue weighted by Crippen LogP contribution is -2.13. The van der Waals surface area contributed by atoms with Crippen molar-refractivity contribution in [2.24, 2.45) is 11.7 Å². The second-order valence-corrected chi connectivity index (χ2v) is 3.62. The molecule has 2 unspecified atom stereocenters. The maximum Gasteiger partial charge on any atom is 0.221 e. The van der Waals surface area contributed by atoms with Crippen LogP contribution in [0.4, 0.5) is 0 Å². The third kappa shape index (κ3) is 1.58. The molecule has 1 amide bonds. The lowest BCUT2D eigenvalue weighted by molar-refractivity contribution is -0.119. The van der Waals surface area contributed by atoms with Crippen LogP contribution in [0, 0.1) is 5.92 Å². The molecule has 14 heavy (non-hydrogen) atoms. The van der Waals surface area contributed by atoms with Gasteiger partial charge in [0.25, 0.3) is 0 Å². The highest BCUT2D eigenvalue weighted by Gasteiger charge is 2.42. The first kappa shape index (κ1) is 9.06. The third-order valence-electron chi connectivity index (χ3n) is 2.70. The van der Waals surface area contributed by atoms with Crippen LogP contribution in [0.3, 0.4) is 0 Å². The molecule has 0 aromatic heterocycles. The molecule has 0 aliphatic heterocycles. The molecule has 1 aromatic rings. The Balaban J connectivity index is 2.08. The van der Waals surface area contributed by atoms with Crippen LogP contribution in [0.1, 0.15) is 17.9 Å². The topological polar surface area (TPSA) is 52.3 Å². The average molecular weight is 191 g/mol. The molecular formula is C11H13NO2. The van der Waals surface area contributed by atoms with Gasteiger partial charge in [0.15, 0.2) is 0 Å². The van der Waals surface area contributed by atoms with E-state index in [4.69, 9.17) is 10.5 Å². The first-order chi connectivity index (χ1) is 6.72. The minimum Gasteiger partial charge on any atom is -0.497 e. The number of methoxy groups -OCH3 is 1. The lowest BCUT2D eigenvalue weighted by atomic mass is 10.1. The monoisotopic (exact) mass is 191 g/mol. The predicted octanol–water partition coefficient (Wildman–Crippen LogP) is 1.28. The van der Waals surface area contributed by atoms with Gasteiger partial charge >= 0.3 is 0 Å². The normalized spacial score (nSPS) is 24.4. The van der Waals surface area contributed by atoms with Gasteiger partial charge in [-0.2, -0.15) is 0 Å². The number of carbonyl (C=O) groups excluding carboxylic acids is 1. The van der Waals surface area contributed by atoms with E-state index >= 15 is 0 Å². The van der Waals surface area contributed by atoms with Gasteiger partial charge in [-0.15, -0.1) is 0 Å². The fourth-order valence-electron chi connectivity index (χ4n) is 1.73. The zero-order valence-corrected chi connectivity index (χ0v) is 8.07. The van der Waals surface area contributed by atoms with Crippen molar-refractivity contribution < 1.29 is 9.53 Å². The smallest absolute Gasteiger partial charge is 0.221 e. The number of amides is 1. The van der Waals surface area contributed by atoms with Crippen molar-refractivity contribution in [2.75, 3.05) is 7.11 Å². The molecule has 3 heteroatoms. The number of rotatable bonds is 3. The van der Waals surface area contributed by atoms with Crippen LogP contribution in [0.15, 0.2) is 24.3 Å². The van der Waals surface area contributed by atoms with Gasteiger partial charge in [0, 0.05) is 5.92 Å². The van der Waals surface area contributed by atoms with Crippen LogP contribution in [-0.2, 0) is 4.79 Å². The number of primary amides is 1. The molecule has 1 aromatic carbocycles. The van der Waals surface area contributed by atoms with Crippen LogP contribution < -0.4 is 10.5 Å². The second kappa shape index (κ2) is 3.33. The molecule has 1 aliphatic carbocycles. The molecule has 2 rings (SSSR count). The van der Waals surface area contributed by atoms with E-state index in [-0.39, 0.29) is 11.8 Å². The van der Waals surface area contributed by atoms with E-state index in [0.717, 1.165) is 12.2 Å². The predicted molar refractivity (Wildman–Crippen MR) is 53.0 cm³/mol. The Morgan fingerprint density at radius 1 is 1.43 bits per heavy atom. The van der Waals surface area contributed by atoms with Crippen LogP contribution in [0.25, 0.3) is 0 Å². The lowest BCUT2D eigenvalue weighted by Gasteiger charge is -2.01. The molecule has 0 bridgehead atoms. The fraction of sp³-hybridized carbons (Fsp3) is 0.364. The number of nitrogens with two attached hydrogens (primary N) is 1. The first-order valence-corrected chi connectivity index (χ1v) is 4.65. The van der Waals surface area contributed by atoms with Crippen molar-refractivity contribution in [3.8, 4) is 5.75 Å². The van der Waals surface area contributed by atoms with Gasteiger partial charge in [-0.1, -0.05) is 12.1 Å². The molecule has 2 N–H and O–H groups in total. The van der Waals surface area contributed by atoms with Gasteiger partial charge in [0.2, 0.25) is 5.91 Å². The van der Waals surface area contributed by atoms with E-state index in [9.17, 15) is 4.79 Å². The van der Waals surface area contributed by atoms with Crippen molar-refractivity contribution in [3.63, 3.8) is 0 Å². The highest BCUT2D eigenvalue weighted by molar-refractivity contribution is 5.81. The summed E-state index contributed by atoms with van der Waals surface area (Å²) in [4.78, 5) is 10.9. The van der Waals surface area contributed by atoms with E-state index in [2.05, 4.69) is 0 Å². The second-order valence-electron chi connectivity index (χ2n) is 3.62. The zero-order chi connectivity index (χ0) is 10.1. The Bertz CT molecular complexity index is 345. The van der Waals surface area contributed by atoms with Crippen LogP contribution >= 0.6 is 0 Å². The summed E-state index contributed by atoms with van der Waals surface area (Å²) in [7, 11) is 1.64. The largest absolute Gasteiger partial charge is 0.497 e. The summed E-state index contributed by atoms with van der Waals surface area (Å²) in [5, 5.41) is 0. The van der Waals surface area contributed by atoms with Gasteiger partial charge in [-0.05, 0) is 30.0 Å². The summed E-state index contributed by atoms with van der Waals surface area (Å²) in [5.41, 5.74) is 6.39. The number of hydrogen-bond acceptors (Lipinski definition) is 2. The summed E-state index contributed by atoms with van der Waals surface area (Å²) in [6.07, 6.45) is 0.891. The maximum atomic E-state index is 10.9. The van der Waals surface area contributed by atoms with Gasteiger partial charge in [0.05, 0.1) is 7.11 Å². The van der Waals surface area contributed by atoms with Crippen LogP contribution in [0.5, 0.6) is 5.75 Å². The van der Waals surface area contributed by atoms with Gasteiger partial charge in [-0.3, -0.25) is 4.79 Å². The van der Waals surface area contributed by atoms with Crippen molar-refractivity contribution in [3.05, 3.63) is 29.8 Å². The Morgan fingerprint density at radius 3 is 2.50 bits per heavy atom. The summed E-state index contributed by atoms with van der Waals surface area (Å²) in [6, 6.07) is 7.80. The number of hydrogen-bond donors (Lipinski definition) is 1. The molecule has 2 atom stereocenters. The Labute approximate surface area is 82.9 Å². The van der Waals surface area contributed by atoms with Gasteiger partial charge in [-0.25, -0.2) is 0 Å². The van der Waals surface area contributed by atoms with Crippen molar-refractivity contribution in [1.29, 1.82) is 0 Å². The maximum absolute atomic E-state index is 10.9. The SMILES string of the molecule is COc1ccc(C2CC2C(N)=O)cc1. The standard InChI is InChI=1S/C11H13NO2/c1-14-8-4-2-7(3-5-8)9-6-10(9)11(12)13/h2-5,9-10H,6H2,1H3,(H2,12,13). The Hall–Kier alpha value is -1.51. The Kier molecular flexibility index (Phi) is 2.15. The molecule has 0 spiro atoms. The summed E-state index contributed by atoms with van der Waals surface area (Å²) in [6.45, 7) is 0. The molecule has 1 saturated carbocycles. The quantitative estimate of drug-likeness (QED) is 0.782. The first-order valence-electron chi connectivity index (χ1n) is 4.65. The molecule has 0 saturated heterocycles. The summed E-state index contributed by atoms with van der Waals surface area (Å²) in [5.74, 6) is 1.03. The van der Waals surface area contributed by atoms with Crippen molar-refractivity contribution in [2.45, 2.75) is 12.3 Å². The summed E-state index contributed by atoms with van der Waals surface area (Å²) < 4.78 is 5.05. The highest BCUT2D eigenvalue weighted by atomic mass is 16.5. The number of ether oxygens (including phenoxy) is 1. The molecule has 74 valence electrons. The molecule has 3 nitrogen and oxygen atoms in total. The molecule has 0 radical (unpaired) electrons. The van der Waals surface area contributed by atoms with E-state index in [1.54, 1.807) is 7.11 Å². The van der Waals surface area contributed by atoms with Crippen molar-refractivity contribution >= 4 is 5.91 Å². The highest BCUT2D eigenvalue weighted by Crippen LogP contribution is 2.47.